The summed E-state index contributed by atoms with van der Waals surface area (Å²) in [7, 11) is 0. The maximum absolute atomic E-state index is 12.4. The number of aromatic amines is 1. The Kier molecular flexibility index (Phi) is 2.48. The molecule has 2 heterocycles. The standard InChI is InChI=1S/C14H12N2O2/c1-2-11-13(14(17)9-7-15-16-8-9)10-5-3-4-6-12(10)18-11/h3-8H,2H2,1H3,(H,15,16). The number of H-pyrrole nitrogens is 1. The van der Waals surface area contributed by atoms with E-state index in [1.165, 1.54) is 6.20 Å². The Morgan fingerprint density at radius 3 is 2.94 bits per heavy atom. The summed E-state index contributed by atoms with van der Waals surface area (Å²) in [4.78, 5) is 12.4. The molecule has 3 rings (SSSR count). The molecule has 0 atom stereocenters. The number of carbonyl (C=O) groups excluding carboxylic acids is 1. The van der Waals surface area contributed by atoms with E-state index in [0.29, 0.717) is 17.5 Å². The number of nitrogens with one attached hydrogen (secondary N) is 1. The first-order valence-corrected chi connectivity index (χ1v) is 5.85. The number of benzene rings is 1. The molecule has 1 N–H and O–H groups in total. The molecule has 0 unspecified atom stereocenters. The summed E-state index contributed by atoms with van der Waals surface area (Å²) in [6.45, 7) is 1.98. The van der Waals surface area contributed by atoms with Crippen LogP contribution in [0.25, 0.3) is 11.0 Å². The van der Waals surface area contributed by atoms with Crippen molar-refractivity contribution in [2.75, 3.05) is 0 Å². The fourth-order valence-corrected chi connectivity index (χ4v) is 2.11. The highest BCUT2D eigenvalue weighted by Gasteiger charge is 2.21. The highest BCUT2D eigenvalue weighted by molar-refractivity contribution is 6.16. The molecule has 1 aromatic carbocycles. The minimum atomic E-state index is -0.0504. The van der Waals surface area contributed by atoms with Crippen molar-refractivity contribution in [3.63, 3.8) is 0 Å². The third kappa shape index (κ3) is 1.54. The van der Waals surface area contributed by atoms with Crippen LogP contribution < -0.4 is 0 Å². The SMILES string of the molecule is CCc1oc2ccccc2c1C(=O)c1cn[nH]c1. The van der Waals surface area contributed by atoms with E-state index in [9.17, 15) is 4.79 Å². The number of carbonyl (C=O) groups is 1. The topological polar surface area (TPSA) is 58.9 Å². The minimum absolute atomic E-state index is 0.0504. The second kappa shape index (κ2) is 4.14. The number of aryl methyl sites for hydroxylation is 1. The highest BCUT2D eigenvalue weighted by atomic mass is 16.3. The van der Waals surface area contributed by atoms with Crippen molar-refractivity contribution in [1.29, 1.82) is 0 Å². The summed E-state index contributed by atoms with van der Waals surface area (Å²) in [6.07, 6.45) is 3.82. The number of rotatable bonds is 3. The summed E-state index contributed by atoms with van der Waals surface area (Å²) in [6, 6.07) is 7.59. The third-order valence-corrected chi connectivity index (χ3v) is 2.98. The molecule has 4 nitrogen and oxygen atoms in total. The molecule has 0 bridgehead atoms. The molecule has 0 spiro atoms. The zero-order valence-electron chi connectivity index (χ0n) is 9.93. The number of ketones is 1. The lowest BCUT2D eigenvalue weighted by Gasteiger charge is -1.97. The van der Waals surface area contributed by atoms with Crippen LogP contribution in [0.2, 0.25) is 0 Å². The number of hydrogen-bond acceptors (Lipinski definition) is 3. The van der Waals surface area contributed by atoms with Gasteiger partial charge in [-0.15, -0.1) is 0 Å². The van der Waals surface area contributed by atoms with Gasteiger partial charge in [0.15, 0.2) is 5.78 Å². The minimum Gasteiger partial charge on any atom is -0.460 e. The Morgan fingerprint density at radius 2 is 2.22 bits per heavy atom. The molecule has 2 aromatic heterocycles. The van der Waals surface area contributed by atoms with E-state index in [0.717, 1.165) is 16.7 Å². The first-order valence-electron chi connectivity index (χ1n) is 5.85. The second-order valence-electron chi connectivity index (χ2n) is 4.07. The van der Waals surface area contributed by atoms with Gasteiger partial charge in [0.1, 0.15) is 11.3 Å². The number of hydrogen-bond donors (Lipinski definition) is 1. The predicted octanol–water partition coefficient (Wildman–Crippen LogP) is 2.95. The van der Waals surface area contributed by atoms with Gasteiger partial charge in [0.05, 0.1) is 17.3 Å². The summed E-state index contributed by atoms with van der Waals surface area (Å²) in [5.41, 5.74) is 1.95. The molecular formula is C14H12N2O2. The number of aromatic nitrogens is 2. The molecule has 4 heteroatoms. The maximum atomic E-state index is 12.4. The number of nitrogens with zero attached hydrogens (tertiary/aromatic N) is 1. The van der Waals surface area contributed by atoms with Gasteiger partial charge in [-0.2, -0.15) is 5.10 Å². The van der Waals surface area contributed by atoms with Gasteiger partial charge in [-0.25, -0.2) is 0 Å². The van der Waals surface area contributed by atoms with Crippen LogP contribution in [0, 0.1) is 0 Å². The van der Waals surface area contributed by atoms with Crippen LogP contribution in [-0.2, 0) is 6.42 Å². The van der Waals surface area contributed by atoms with E-state index in [1.54, 1.807) is 6.20 Å². The molecule has 0 aliphatic carbocycles. The second-order valence-corrected chi connectivity index (χ2v) is 4.07. The van der Waals surface area contributed by atoms with Crippen LogP contribution in [0.3, 0.4) is 0 Å². The quantitative estimate of drug-likeness (QED) is 0.716. The Labute approximate surface area is 104 Å². The summed E-state index contributed by atoms with van der Waals surface area (Å²) in [5, 5.41) is 7.33. The Morgan fingerprint density at radius 1 is 1.39 bits per heavy atom. The molecule has 0 aliphatic heterocycles. The first-order chi connectivity index (χ1) is 8.81. The zero-order chi connectivity index (χ0) is 12.5. The average Bonchev–Trinajstić information content (AvgIpc) is 3.04. The van der Waals surface area contributed by atoms with E-state index in [1.807, 2.05) is 31.2 Å². The fourth-order valence-electron chi connectivity index (χ4n) is 2.11. The van der Waals surface area contributed by atoms with Crippen LogP contribution in [0.5, 0.6) is 0 Å². The van der Waals surface area contributed by atoms with Crippen LogP contribution in [-0.4, -0.2) is 16.0 Å². The van der Waals surface area contributed by atoms with E-state index >= 15 is 0 Å². The van der Waals surface area contributed by atoms with Crippen molar-refractivity contribution in [3.8, 4) is 0 Å². The molecule has 0 fully saturated rings. The Bertz CT molecular complexity index is 696. The molecular weight excluding hydrogens is 228 g/mol. The van der Waals surface area contributed by atoms with Crippen molar-refractivity contribution < 1.29 is 9.21 Å². The molecule has 0 saturated carbocycles. The van der Waals surface area contributed by atoms with Crippen molar-refractivity contribution in [1.82, 2.24) is 10.2 Å². The lowest BCUT2D eigenvalue weighted by atomic mass is 10.0. The van der Waals surface area contributed by atoms with Gasteiger partial charge in [0.2, 0.25) is 0 Å². The number of furan rings is 1. The Hall–Kier alpha value is -2.36. The van der Waals surface area contributed by atoms with Gasteiger partial charge < -0.3 is 4.42 Å². The van der Waals surface area contributed by atoms with Crippen LogP contribution >= 0.6 is 0 Å². The molecule has 0 saturated heterocycles. The molecule has 0 amide bonds. The molecule has 18 heavy (non-hydrogen) atoms. The molecule has 0 radical (unpaired) electrons. The monoisotopic (exact) mass is 240 g/mol. The van der Waals surface area contributed by atoms with Crippen molar-refractivity contribution in [3.05, 3.63) is 53.5 Å². The fraction of sp³-hybridized carbons (Fsp3) is 0.143. The number of para-hydroxylation sites is 1. The van der Waals surface area contributed by atoms with Gasteiger partial charge >= 0.3 is 0 Å². The highest BCUT2D eigenvalue weighted by Crippen LogP contribution is 2.28. The molecule has 0 aliphatic rings. The van der Waals surface area contributed by atoms with Crippen molar-refractivity contribution in [2.45, 2.75) is 13.3 Å². The summed E-state index contributed by atoms with van der Waals surface area (Å²) < 4.78 is 5.72. The normalized spacial score (nSPS) is 10.9. The molecule has 3 aromatic rings. The van der Waals surface area contributed by atoms with Crippen LogP contribution in [0.15, 0.2) is 41.1 Å². The number of fused-ring (bicyclic) bond motifs is 1. The van der Waals surface area contributed by atoms with Gasteiger partial charge in [0.25, 0.3) is 0 Å². The van der Waals surface area contributed by atoms with E-state index in [-0.39, 0.29) is 5.78 Å². The van der Waals surface area contributed by atoms with Gasteiger partial charge in [0, 0.05) is 18.0 Å². The lowest BCUT2D eigenvalue weighted by molar-refractivity contribution is 0.103. The first kappa shape index (κ1) is 10.8. The molecule has 90 valence electrons. The summed E-state index contributed by atoms with van der Waals surface area (Å²) >= 11 is 0. The largest absolute Gasteiger partial charge is 0.460 e. The van der Waals surface area contributed by atoms with Gasteiger partial charge in [-0.3, -0.25) is 9.89 Å². The van der Waals surface area contributed by atoms with E-state index in [2.05, 4.69) is 10.2 Å². The van der Waals surface area contributed by atoms with Crippen molar-refractivity contribution in [2.24, 2.45) is 0 Å². The van der Waals surface area contributed by atoms with Crippen molar-refractivity contribution >= 4 is 16.8 Å². The zero-order valence-corrected chi connectivity index (χ0v) is 9.93. The van der Waals surface area contributed by atoms with E-state index < -0.39 is 0 Å². The van der Waals surface area contributed by atoms with Crippen LogP contribution in [0.1, 0.15) is 28.6 Å². The van der Waals surface area contributed by atoms with Crippen LogP contribution in [0.4, 0.5) is 0 Å². The summed E-state index contributed by atoms with van der Waals surface area (Å²) in [5.74, 6) is 0.674. The Balaban J connectivity index is 2.24. The third-order valence-electron chi connectivity index (χ3n) is 2.98. The van der Waals surface area contributed by atoms with E-state index in [4.69, 9.17) is 4.42 Å². The predicted molar refractivity (Wildman–Crippen MR) is 67.6 cm³/mol. The smallest absolute Gasteiger partial charge is 0.200 e. The van der Waals surface area contributed by atoms with Gasteiger partial charge in [-0.1, -0.05) is 25.1 Å². The maximum Gasteiger partial charge on any atom is 0.200 e. The average molecular weight is 240 g/mol. The lowest BCUT2D eigenvalue weighted by Crippen LogP contribution is -2.01. The van der Waals surface area contributed by atoms with Gasteiger partial charge in [-0.05, 0) is 6.07 Å².